The van der Waals surface area contributed by atoms with Gasteiger partial charge >= 0.3 is 0 Å². The number of rotatable bonds is 4. The molecule has 0 atom stereocenters. The van der Waals surface area contributed by atoms with Crippen molar-refractivity contribution in [3.63, 3.8) is 0 Å². The minimum atomic E-state index is -0.0225. The van der Waals surface area contributed by atoms with E-state index in [9.17, 15) is 4.79 Å². The van der Waals surface area contributed by atoms with Gasteiger partial charge < -0.3 is 0 Å². The molecule has 0 aliphatic rings. The third kappa shape index (κ3) is 2.94. The van der Waals surface area contributed by atoms with Crippen molar-refractivity contribution in [3.8, 4) is 0 Å². The summed E-state index contributed by atoms with van der Waals surface area (Å²) in [7, 11) is 0. The van der Waals surface area contributed by atoms with Crippen molar-refractivity contribution in [1.29, 1.82) is 0 Å². The van der Waals surface area contributed by atoms with Gasteiger partial charge in [0.05, 0.1) is 11.8 Å². The fraction of sp³-hybridized carbons (Fsp3) is 0.200. The maximum absolute atomic E-state index is 11.9. The van der Waals surface area contributed by atoms with Crippen LogP contribution in [-0.4, -0.2) is 15.6 Å². The predicted octanol–water partition coefficient (Wildman–Crippen LogP) is 3.36. The molecule has 0 fully saturated rings. The van der Waals surface area contributed by atoms with Gasteiger partial charge in [0.2, 0.25) is 0 Å². The van der Waals surface area contributed by atoms with Crippen molar-refractivity contribution in [2.24, 2.45) is 0 Å². The standard InChI is InChI=1S/C15H16N2O/c1-12(2)17-11-14(10-16-17)15(18)9-8-13-6-4-3-5-7-13/h3-12H,1-2H3/b9-8+. The molecule has 0 saturated carbocycles. The number of ketones is 1. The molecule has 18 heavy (non-hydrogen) atoms. The fourth-order valence-corrected chi connectivity index (χ4v) is 1.58. The van der Waals surface area contributed by atoms with Crippen LogP contribution >= 0.6 is 0 Å². The molecule has 0 unspecified atom stereocenters. The van der Waals surface area contributed by atoms with E-state index in [0.717, 1.165) is 5.56 Å². The van der Waals surface area contributed by atoms with E-state index in [0.29, 0.717) is 5.56 Å². The molecule has 0 bridgehead atoms. The Morgan fingerprint density at radius 3 is 2.61 bits per heavy atom. The zero-order valence-corrected chi connectivity index (χ0v) is 10.6. The van der Waals surface area contributed by atoms with Crippen LogP contribution in [0.2, 0.25) is 0 Å². The highest BCUT2D eigenvalue weighted by Gasteiger charge is 2.06. The Morgan fingerprint density at radius 2 is 2.00 bits per heavy atom. The van der Waals surface area contributed by atoms with E-state index in [4.69, 9.17) is 0 Å². The minimum absolute atomic E-state index is 0.0225. The van der Waals surface area contributed by atoms with E-state index in [1.54, 1.807) is 23.2 Å². The maximum Gasteiger partial charge on any atom is 0.189 e. The van der Waals surface area contributed by atoms with Crippen LogP contribution in [0.5, 0.6) is 0 Å². The van der Waals surface area contributed by atoms with Gasteiger partial charge in [-0.3, -0.25) is 9.48 Å². The number of nitrogens with zero attached hydrogens (tertiary/aromatic N) is 2. The number of benzene rings is 1. The summed E-state index contributed by atoms with van der Waals surface area (Å²) in [5.41, 5.74) is 1.64. The molecular weight excluding hydrogens is 224 g/mol. The lowest BCUT2D eigenvalue weighted by Gasteiger charge is -2.02. The quantitative estimate of drug-likeness (QED) is 0.606. The summed E-state index contributed by atoms with van der Waals surface area (Å²) < 4.78 is 1.78. The maximum atomic E-state index is 11.9. The van der Waals surface area contributed by atoms with Crippen LogP contribution in [0.4, 0.5) is 0 Å². The summed E-state index contributed by atoms with van der Waals surface area (Å²) in [6, 6.07) is 10.0. The first kappa shape index (κ1) is 12.3. The normalized spacial score (nSPS) is 11.3. The van der Waals surface area contributed by atoms with Crippen LogP contribution in [0.3, 0.4) is 0 Å². The Morgan fingerprint density at radius 1 is 1.28 bits per heavy atom. The molecule has 0 saturated heterocycles. The van der Waals surface area contributed by atoms with Crippen molar-refractivity contribution in [3.05, 3.63) is 59.9 Å². The summed E-state index contributed by atoms with van der Waals surface area (Å²) >= 11 is 0. The molecule has 2 aromatic rings. The van der Waals surface area contributed by atoms with E-state index in [1.807, 2.05) is 50.3 Å². The van der Waals surface area contributed by atoms with Gasteiger partial charge in [0.1, 0.15) is 0 Å². The highest BCUT2D eigenvalue weighted by molar-refractivity contribution is 6.06. The summed E-state index contributed by atoms with van der Waals surface area (Å²) in [6.45, 7) is 4.06. The second-order valence-corrected chi connectivity index (χ2v) is 4.41. The van der Waals surface area contributed by atoms with Crippen LogP contribution in [0.15, 0.2) is 48.8 Å². The average molecular weight is 240 g/mol. The smallest absolute Gasteiger partial charge is 0.189 e. The Balaban J connectivity index is 2.10. The van der Waals surface area contributed by atoms with Gasteiger partial charge in [-0.2, -0.15) is 5.10 Å². The highest BCUT2D eigenvalue weighted by Crippen LogP contribution is 2.08. The zero-order chi connectivity index (χ0) is 13.0. The largest absolute Gasteiger partial charge is 0.289 e. The first-order chi connectivity index (χ1) is 8.66. The number of carbonyl (C=O) groups excluding carboxylic acids is 1. The first-order valence-electron chi connectivity index (χ1n) is 5.98. The van der Waals surface area contributed by atoms with Crippen LogP contribution in [0.1, 0.15) is 35.8 Å². The molecule has 0 spiro atoms. The lowest BCUT2D eigenvalue weighted by molar-refractivity contribution is 0.104. The Hall–Kier alpha value is -2.16. The second-order valence-electron chi connectivity index (χ2n) is 4.41. The number of aromatic nitrogens is 2. The van der Waals surface area contributed by atoms with E-state index in [1.165, 1.54) is 0 Å². The lowest BCUT2D eigenvalue weighted by Crippen LogP contribution is -2.00. The van der Waals surface area contributed by atoms with Gasteiger partial charge in [0, 0.05) is 12.2 Å². The summed E-state index contributed by atoms with van der Waals surface area (Å²) in [5, 5.41) is 4.15. The van der Waals surface area contributed by atoms with Crippen LogP contribution in [0, 0.1) is 0 Å². The monoisotopic (exact) mass is 240 g/mol. The number of hydrogen-bond donors (Lipinski definition) is 0. The molecular formula is C15H16N2O. The molecule has 1 aromatic carbocycles. The molecule has 0 N–H and O–H groups in total. The van der Waals surface area contributed by atoms with Gasteiger partial charge in [-0.15, -0.1) is 0 Å². The van der Waals surface area contributed by atoms with Gasteiger partial charge in [0.15, 0.2) is 5.78 Å². The van der Waals surface area contributed by atoms with Gasteiger partial charge in [0.25, 0.3) is 0 Å². The topological polar surface area (TPSA) is 34.9 Å². The Labute approximate surface area is 107 Å². The van der Waals surface area contributed by atoms with Crippen molar-refractivity contribution in [1.82, 2.24) is 9.78 Å². The molecule has 92 valence electrons. The predicted molar refractivity (Wildman–Crippen MR) is 72.4 cm³/mol. The molecule has 1 heterocycles. The van der Waals surface area contributed by atoms with Gasteiger partial charge in [-0.1, -0.05) is 36.4 Å². The number of carbonyl (C=O) groups is 1. The zero-order valence-electron chi connectivity index (χ0n) is 10.6. The van der Waals surface area contributed by atoms with Crippen molar-refractivity contribution in [2.75, 3.05) is 0 Å². The van der Waals surface area contributed by atoms with Crippen LogP contribution in [-0.2, 0) is 0 Å². The minimum Gasteiger partial charge on any atom is -0.289 e. The Bertz CT molecular complexity index is 553. The SMILES string of the molecule is CC(C)n1cc(C(=O)/C=C/c2ccccc2)cn1. The molecule has 0 radical (unpaired) electrons. The molecule has 0 aliphatic carbocycles. The molecule has 3 nitrogen and oxygen atoms in total. The summed E-state index contributed by atoms with van der Waals surface area (Å²) in [6.07, 6.45) is 6.78. The van der Waals surface area contributed by atoms with E-state index in [-0.39, 0.29) is 11.8 Å². The average Bonchev–Trinajstić information content (AvgIpc) is 2.87. The number of allylic oxidation sites excluding steroid dienone is 1. The second kappa shape index (κ2) is 5.45. The van der Waals surface area contributed by atoms with Crippen molar-refractivity contribution >= 4 is 11.9 Å². The van der Waals surface area contributed by atoms with Crippen molar-refractivity contribution < 1.29 is 4.79 Å². The molecule has 0 amide bonds. The first-order valence-corrected chi connectivity index (χ1v) is 5.98. The van der Waals surface area contributed by atoms with Crippen molar-refractivity contribution in [2.45, 2.75) is 19.9 Å². The van der Waals surface area contributed by atoms with Gasteiger partial charge in [-0.25, -0.2) is 0 Å². The highest BCUT2D eigenvalue weighted by atomic mass is 16.1. The lowest BCUT2D eigenvalue weighted by atomic mass is 10.1. The third-order valence-corrected chi connectivity index (χ3v) is 2.64. The molecule has 0 aliphatic heterocycles. The van der Waals surface area contributed by atoms with Crippen LogP contribution in [0.25, 0.3) is 6.08 Å². The third-order valence-electron chi connectivity index (χ3n) is 2.64. The van der Waals surface area contributed by atoms with Crippen LogP contribution < -0.4 is 0 Å². The van der Waals surface area contributed by atoms with E-state index in [2.05, 4.69) is 5.10 Å². The summed E-state index contributed by atoms with van der Waals surface area (Å²) in [4.78, 5) is 11.9. The van der Waals surface area contributed by atoms with E-state index < -0.39 is 0 Å². The number of hydrogen-bond acceptors (Lipinski definition) is 2. The molecule has 1 aromatic heterocycles. The Kier molecular flexibility index (Phi) is 3.72. The van der Waals surface area contributed by atoms with Gasteiger partial charge in [-0.05, 0) is 25.5 Å². The van der Waals surface area contributed by atoms with E-state index >= 15 is 0 Å². The molecule has 2 rings (SSSR count). The summed E-state index contributed by atoms with van der Waals surface area (Å²) in [5.74, 6) is -0.0225. The fourth-order valence-electron chi connectivity index (χ4n) is 1.58. The molecule has 3 heteroatoms.